The molecule has 0 radical (unpaired) electrons. The Bertz CT molecular complexity index is 1060. The van der Waals surface area contributed by atoms with Gasteiger partial charge in [-0.05, 0) is 55.2 Å². The number of fused-ring (bicyclic) bond motifs is 1. The van der Waals surface area contributed by atoms with Crippen molar-refractivity contribution >= 4 is 11.9 Å². The van der Waals surface area contributed by atoms with Crippen molar-refractivity contribution in [2.24, 2.45) is 0 Å². The van der Waals surface area contributed by atoms with Gasteiger partial charge in [0.1, 0.15) is 11.3 Å². The molecule has 3 amide bonds. The van der Waals surface area contributed by atoms with Crippen LogP contribution in [-0.2, 0) is 10.3 Å². The molecule has 0 aromatic heterocycles. The number of amides is 3. The maximum atomic E-state index is 13.6. The molecule has 8 nitrogen and oxygen atoms in total. The molecule has 2 fully saturated rings. The number of hydrogen-bond donors (Lipinski definition) is 1. The summed E-state index contributed by atoms with van der Waals surface area (Å²) < 4.78 is 16.2. The largest absolute Gasteiger partial charge is 0.497 e. The number of rotatable bonds is 5. The van der Waals surface area contributed by atoms with E-state index in [1.54, 1.807) is 32.2 Å². The highest BCUT2D eigenvalue weighted by molar-refractivity contribution is 6.07. The van der Waals surface area contributed by atoms with E-state index in [4.69, 9.17) is 14.2 Å². The monoisotopic (exact) mass is 451 g/mol. The maximum absolute atomic E-state index is 13.6. The van der Waals surface area contributed by atoms with E-state index < -0.39 is 5.54 Å². The van der Waals surface area contributed by atoms with Gasteiger partial charge in [-0.2, -0.15) is 0 Å². The van der Waals surface area contributed by atoms with Gasteiger partial charge in [0, 0.05) is 12.6 Å². The molecule has 174 valence electrons. The van der Waals surface area contributed by atoms with Gasteiger partial charge in [0.15, 0.2) is 11.5 Å². The van der Waals surface area contributed by atoms with Gasteiger partial charge in [-0.15, -0.1) is 0 Å². The fourth-order valence-electron chi connectivity index (χ4n) is 4.95. The Morgan fingerprint density at radius 3 is 2.64 bits per heavy atom. The van der Waals surface area contributed by atoms with Crippen LogP contribution in [0.3, 0.4) is 0 Å². The Balaban J connectivity index is 1.38. The third kappa shape index (κ3) is 3.88. The number of carbonyl (C=O) groups excluding carboxylic acids is 2. The van der Waals surface area contributed by atoms with Gasteiger partial charge in [0.05, 0.1) is 13.8 Å². The summed E-state index contributed by atoms with van der Waals surface area (Å²) in [4.78, 5) is 30.1. The molecule has 8 heteroatoms. The molecule has 0 unspecified atom stereocenters. The predicted molar refractivity (Wildman–Crippen MR) is 121 cm³/mol. The Hall–Kier alpha value is -3.26. The lowest BCUT2D eigenvalue weighted by Crippen LogP contribution is -2.45. The van der Waals surface area contributed by atoms with Crippen molar-refractivity contribution in [3.05, 3.63) is 53.6 Å². The lowest BCUT2D eigenvalue weighted by Gasteiger charge is -2.33. The minimum atomic E-state index is -1.15. The van der Waals surface area contributed by atoms with E-state index in [1.165, 1.54) is 10.5 Å². The molecule has 2 aromatic carbocycles. The summed E-state index contributed by atoms with van der Waals surface area (Å²) in [6.07, 6.45) is 4.27. The molecule has 3 aliphatic heterocycles. The van der Waals surface area contributed by atoms with Crippen LogP contribution < -0.4 is 19.5 Å². The topological polar surface area (TPSA) is 80.3 Å². The molecule has 0 bridgehead atoms. The number of hydrogen-bond acceptors (Lipinski definition) is 6. The normalized spacial score (nSPS) is 25.2. The predicted octanol–water partition coefficient (Wildman–Crippen LogP) is 3.77. The second kappa shape index (κ2) is 8.59. The number of nitrogens with one attached hydrogen (secondary N) is 1. The molecular weight excluding hydrogens is 422 g/mol. The Labute approximate surface area is 193 Å². The summed E-state index contributed by atoms with van der Waals surface area (Å²) >= 11 is 0. The quantitative estimate of drug-likeness (QED) is 0.698. The Morgan fingerprint density at radius 2 is 1.85 bits per heavy atom. The molecule has 1 N–H and O–H groups in total. The molecule has 3 heterocycles. The van der Waals surface area contributed by atoms with Crippen LogP contribution in [0.15, 0.2) is 42.5 Å². The maximum Gasteiger partial charge on any atom is 0.326 e. The summed E-state index contributed by atoms with van der Waals surface area (Å²) in [5.74, 6) is 1.78. The number of ether oxygens (including phenoxy) is 3. The SMILES string of the molecule is COc1ccc([C@H]2CCCCCN2CN2C(=O)N[C@@](C)(c3ccc4c(c3)OCO4)C2=O)cc1. The molecule has 5 rings (SSSR count). The van der Waals surface area contributed by atoms with Crippen LogP contribution in [0, 0.1) is 0 Å². The number of nitrogens with zero attached hydrogens (tertiary/aromatic N) is 2. The van der Waals surface area contributed by atoms with Crippen LogP contribution in [0.4, 0.5) is 4.79 Å². The first-order valence-corrected chi connectivity index (χ1v) is 11.4. The highest BCUT2D eigenvalue weighted by Crippen LogP contribution is 2.38. The van der Waals surface area contributed by atoms with Crippen LogP contribution in [0.2, 0.25) is 0 Å². The van der Waals surface area contributed by atoms with Crippen molar-refractivity contribution in [2.75, 3.05) is 27.1 Å². The highest BCUT2D eigenvalue weighted by Gasteiger charge is 2.50. The smallest absolute Gasteiger partial charge is 0.326 e. The molecule has 0 spiro atoms. The number of urea groups is 1. The fourth-order valence-corrected chi connectivity index (χ4v) is 4.95. The van der Waals surface area contributed by atoms with Crippen molar-refractivity contribution in [2.45, 2.75) is 44.2 Å². The van der Waals surface area contributed by atoms with Crippen LogP contribution in [-0.4, -0.2) is 48.9 Å². The van der Waals surface area contributed by atoms with Gasteiger partial charge in [-0.3, -0.25) is 9.69 Å². The van der Waals surface area contributed by atoms with Gasteiger partial charge >= 0.3 is 6.03 Å². The summed E-state index contributed by atoms with van der Waals surface area (Å²) in [5.41, 5.74) is 0.693. The Kier molecular flexibility index (Phi) is 5.62. The van der Waals surface area contributed by atoms with Gasteiger partial charge in [0.2, 0.25) is 6.79 Å². The van der Waals surface area contributed by atoms with E-state index in [2.05, 4.69) is 22.3 Å². The number of likely N-dealkylation sites (tertiary alicyclic amines) is 1. The molecule has 2 saturated heterocycles. The first-order valence-electron chi connectivity index (χ1n) is 11.4. The minimum absolute atomic E-state index is 0.136. The summed E-state index contributed by atoms with van der Waals surface area (Å²) in [6.45, 7) is 2.98. The van der Waals surface area contributed by atoms with Crippen molar-refractivity contribution in [1.82, 2.24) is 15.1 Å². The lowest BCUT2D eigenvalue weighted by atomic mass is 9.91. The number of imide groups is 1. The zero-order valence-corrected chi connectivity index (χ0v) is 19.0. The second-order valence-corrected chi connectivity index (χ2v) is 8.95. The molecule has 2 atom stereocenters. The van der Waals surface area contributed by atoms with Crippen molar-refractivity contribution in [3.63, 3.8) is 0 Å². The molecule has 0 aliphatic carbocycles. The minimum Gasteiger partial charge on any atom is -0.497 e. The van der Waals surface area contributed by atoms with E-state index in [-0.39, 0.29) is 31.4 Å². The molecular formula is C25H29N3O5. The van der Waals surface area contributed by atoms with Crippen LogP contribution in [0.25, 0.3) is 0 Å². The van der Waals surface area contributed by atoms with Gasteiger partial charge in [-0.1, -0.05) is 31.0 Å². The number of methoxy groups -OCH3 is 1. The highest BCUT2D eigenvalue weighted by atomic mass is 16.7. The van der Waals surface area contributed by atoms with E-state index in [0.29, 0.717) is 17.1 Å². The third-order valence-electron chi connectivity index (χ3n) is 6.91. The third-order valence-corrected chi connectivity index (χ3v) is 6.91. The second-order valence-electron chi connectivity index (χ2n) is 8.95. The van der Waals surface area contributed by atoms with E-state index in [9.17, 15) is 9.59 Å². The summed E-state index contributed by atoms with van der Waals surface area (Å²) in [5, 5.41) is 2.91. The van der Waals surface area contributed by atoms with Crippen molar-refractivity contribution in [3.8, 4) is 17.2 Å². The first kappa shape index (κ1) is 21.6. The molecule has 3 aliphatic rings. The molecule has 2 aromatic rings. The summed E-state index contributed by atoms with van der Waals surface area (Å²) in [7, 11) is 1.65. The van der Waals surface area contributed by atoms with Crippen LogP contribution in [0.1, 0.15) is 49.8 Å². The lowest BCUT2D eigenvalue weighted by molar-refractivity contribution is -0.132. The zero-order valence-electron chi connectivity index (χ0n) is 19.0. The average molecular weight is 452 g/mol. The van der Waals surface area contributed by atoms with Crippen LogP contribution >= 0.6 is 0 Å². The van der Waals surface area contributed by atoms with Crippen LogP contribution in [0.5, 0.6) is 17.2 Å². The zero-order chi connectivity index (χ0) is 23.0. The summed E-state index contributed by atoms with van der Waals surface area (Å²) in [6, 6.07) is 13.2. The molecule has 0 saturated carbocycles. The van der Waals surface area contributed by atoms with E-state index in [0.717, 1.165) is 38.0 Å². The Morgan fingerprint density at radius 1 is 1.06 bits per heavy atom. The van der Waals surface area contributed by atoms with Gasteiger partial charge in [-0.25, -0.2) is 9.69 Å². The van der Waals surface area contributed by atoms with Gasteiger partial charge in [0.25, 0.3) is 5.91 Å². The number of carbonyl (C=O) groups is 2. The van der Waals surface area contributed by atoms with Crippen molar-refractivity contribution in [1.29, 1.82) is 0 Å². The van der Waals surface area contributed by atoms with Gasteiger partial charge < -0.3 is 19.5 Å². The van der Waals surface area contributed by atoms with Crippen molar-refractivity contribution < 1.29 is 23.8 Å². The first-order chi connectivity index (χ1) is 16.0. The van der Waals surface area contributed by atoms with E-state index in [1.807, 2.05) is 12.1 Å². The fraction of sp³-hybridized carbons (Fsp3) is 0.440. The average Bonchev–Trinajstić information content (AvgIpc) is 3.29. The standard InChI is InChI=1S/C25H29N3O5/c1-25(18-9-12-21-22(14-18)33-16-32-21)23(29)28(24(30)26-25)15-27-13-5-3-4-6-20(27)17-7-10-19(31-2)11-8-17/h7-12,14,20H,3-6,13,15-16H2,1-2H3,(H,26,30)/t20-,25+/m1/s1. The van der Waals surface area contributed by atoms with E-state index >= 15 is 0 Å². The molecule has 33 heavy (non-hydrogen) atoms. The number of benzene rings is 2.